The molecule has 8 rings (SSSR count). The third-order valence-corrected chi connectivity index (χ3v) is 11.2. The number of hydrogen-bond acceptors (Lipinski definition) is 2. The van der Waals surface area contributed by atoms with Gasteiger partial charge in [-0.25, -0.2) is 0 Å². The van der Waals surface area contributed by atoms with Crippen LogP contribution >= 0.6 is 11.3 Å². The minimum absolute atomic E-state index is 0.0815. The van der Waals surface area contributed by atoms with Crippen LogP contribution in [0.15, 0.2) is 133 Å². The van der Waals surface area contributed by atoms with Gasteiger partial charge in [-0.1, -0.05) is 145 Å². The van der Waals surface area contributed by atoms with Crippen molar-refractivity contribution in [1.29, 1.82) is 0 Å². The van der Waals surface area contributed by atoms with Crippen molar-refractivity contribution >= 4 is 42.9 Å². The first kappa shape index (κ1) is 29.7. The number of thiophene rings is 1. The molecule has 6 aromatic carbocycles. The zero-order valence-electron chi connectivity index (χ0n) is 28.1. The Bertz CT molecular complexity index is 2210. The van der Waals surface area contributed by atoms with E-state index >= 15 is 0 Å². The standard InChI is InChI=1S/C45H41NS/c1-43(2,3)29-15-19-31(20-16-29)45(32-21-17-30(18-22-32)44(4,5)6)39-13-9-7-11-35(39)36-25-23-33(27-40(36)45)46-34-24-26-38-37-12-8-10-14-41(37)47-42(38)28-34/h7-28,46H,1-6H3. The highest BCUT2D eigenvalue weighted by atomic mass is 32.1. The summed E-state index contributed by atoms with van der Waals surface area (Å²) in [6.07, 6.45) is 0. The van der Waals surface area contributed by atoms with Crippen molar-refractivity contribution in [2.75, 3.05) is 5.32 Å². The number of benzene rings is 6. The quantitative estimate of drug-likeness (QED) is 0.205. The summed E-state index contributed by atoms with van der Waals surface area (Å²) in [5.74, 6) is 0. The Kier molecular flexibility index (Phi) is 6.76. The lowest BCUT2D eigenvalue weighted by Crippen LogP contribution is -2.29. The maximum Gasteiger partial charge on any atom is 0.0714 e. The SMILES string of the molecule is CC(C)(C)c1ccc(C2(c3ccc(C(C)(C)C)cc3)c3ccccc3-c3ccc(Nc4ccc5c(c4)sc4ccccc45)cc32)cc1. The van der Waals surface area contributed by atoms with E-state index in [1.165, 1.54) is 64.7 Å². The largest absolute Gasteiger partial charge is 0.355 e. The van der Waals surface area contributed by atoms with Gasteiger partial charge in [0.2, 0.25) is 0 Å². The molecule has 2 heteroatoms. The summed E-state index contributed by atoms with van der Waals surface area (Å²) >= 11 is 1.86. The number of fused-ring (bicyclic) bond motifs is 6. The average molecular weight is 628 g/mol. The summed E-state index contributed by atoms with van der Waals surface area (Å²) in [6, 6.07) is 50.3. The molecule has 1 aliphatic rings. The lowest BCUT2D eigenvalue weighted by Gasteiger charge is -2.35. The van der Waals surface area contributed by atoms with Gasteiger partial charge < -0.3 is 5.32 Å². The summed E-state index contributed by atoms with van der Waals surface area (Å²) in [6.45, 7) is 13.7. The highest BCUT2D eigenvalue weighted by Crippen LogP contribution is 2.57. The van der Waals surface area contributed by atoms with Crippen LogP contribution in [0.3, 0.4) is 0 Å². The van der Waals surface area contributed by atoms with Crippen molar-refractivity contribution in [3.8, 4) is 11.1 Å². The van der Waals surface area contributed by atoms with Crippen molar-refractivity contribution < 1.29 is 0 Å². The van der Waals surface area contributed by atoms with Crippen molar-refractivity contribution in [3.05, 3.63) is 167 Å². The van der Waals surface area contributed by atoms with Crippen LogP contribution in [0.2, 0.25) is 0 Å². The zero-order valence-corrected chi connectivity index (χ0v) is 28.9. The van der Waals surface area contributed by atoms with E-state index in [4.69, 9.17) is 0 Å². The van der Waals surface area contributed by atoms with Gasteiger partial charge in [-0.2, -0.15) is 0 Å². The Morgan fingerprint density at radius 2 is 1.00 bits per heavy atom. The summed E-state index contributed by atoms with van der Waals surface area (Å²) < 4.78 is 2.63. The molecule has 1 N–H and O–H groups in total. The molecule has 0 saturated carbocycles. The second kappa shape index (κ2) is 10.7. The Hall–Kier alpha value is -4.66. The third kappa shape index (κ3) is 4.81. The normalized spacial score (nSPS) is 13.9. The van der Waals surface area contributed by atoms with E-state index in [0.717, 1.165) is 11.4 Å². The van der Waals surface area contributed by atoms with Gasteiger partial charge in [0, 0.05) is 31.5 Å². The van der Waals surface area contributed by atoms with Gasteiger partial charge in [0.05, 0.1) is 5.41 Å². The third-order valence-electron chi connectivity index (χ3n) is 10.1. The molecule has 1 aromatic heterocycles. The summed E-state index contributed by atoms with van der Waals surface area (Å²) in [4.78, 5) is 0. The van der Waals surface area contributed by atoms with E-state index < -0.39 is 5.41 Å². The topological polar surface area (TPSA) is 12.0 Å². The first-order valence-corrected chi connectivity index (χ1v) is 17.5. The van der Waals surface area contributed by atoms with Gasteiger partial charge in [-0.3, -0.25) is 0 Å². The lowest BCUT2D eigenvalue weighted by molar-refractivity contribution is 0.588. The van der Waals surface area contributed by atoms with Crippen LogP contribution in [0, 0.1) is 0 Å². The highest BCUT2D eigenvalue weighted by molar-refractivity contribution is 7.25. The van der Waals surface area contributed by atoms with Crippen LogP contribution in [0.5, 0.6) is 0 Å². The Balaban J connectivity index is 1.32. The molecule has 1 aliphatic carbocycles. The monoisotopic (exact) mass is 627 g/mol. The minimum atomic E-state index is -0.453. The Morgan fingerprint density at radius 3 is 1.66 bits per heavy atom. The van der Waals surface area contributed by atoms with Crippen LogP contribution in [-0.2, 0) is 16.2 Å². The highest BCUT2D eigenvalue weighted by Gasteiger charge is 2.46. The first-order valence-electron chi connectivity index (χ1n) is 16.7. The smallest absolute Gasteiger partial charge is 0.0714 e. The summed E-state index contributed by atoms with van der Waals surface area (Å²) in [5.41, 5.74) is 12.5. The van der Waals surface area contributed by atoms with Gasteiger partial charge >= 0.3 is 0 Å². The maximum atomic E-state index is 3.80. The summed E-state index contributed by atoms with van der Waals surface area (Å²) in [7, 11) is 0. The molecule has 0 radical (unpaired) electrons. The number of anilines is 2. The van der Waals surface area contributed by atoms with Crippen LogP contribution in [-0.4, -0.2) is 0 Å². The molecule has 7 aromatic rings. The second-order valence-corrected chi connectivity index (χ2v) is 16.2. The Labute approximate surface area is 282 Å². The van der Waals surface area contributed by atoms with Crippen LogP contribution < -0.4 is 5.32 Å². The molecular formula is C45H41NS. The molecule has 1 heterocycles. The Morgan fingerprint density at radius 1 is 0.468 bits per heavy atom. The summed E-state index contributed by atoms with van der Waals surface area (Å²) in [5, 5.41) is 6.45. The minimum Gasteiger partial charge on any atom is -0.355 e. The van der Waals surface area contributed by atoms with Gasteiger partial charge in [0.1, 0.15) is 0 Å². The number of hydrogen-bond donors (Lipinski definition) is 1. The molecule has 1 nitrogen and oxygen atoms in total. The second-order valence-electron chi connectivity index (χ2n) is 15.1. The predicted octanol–water partition coefficient (Wildman–Crippen LogP) is 12.8. The molecule has 0 saturated heterocycles. The van der Waals surface area contributed by atoms with Crippen LogP contribution in [0.4, 0.5) is 11.4 Å². The molecule has 47 heavy (non-hydrogen) atoms. The predicted molar refractivity (Wildman–Crippen MR) is 204 cm³/mol. The van der Waals surface area contributed by atoms with Crippen molar-refractivity contribution in [2.24, 2.45) is 0 Å². The van der Waals surface area contributed by atoms with E-state index in [-0.39, 0.29) is 10.8 Å². The molecule has 0 amide bonds. The van der Waals surface area contributed by atoms with E-state index in [1.54, 1.807) is 0 Å². The molecule has 0 atom stereocenters. The van der Waals surface area contributed by atoms with Gasteiger partial charge in [0.25, 0.3) is 0 Å². The van der Waals surface area contributed by atoms with E-state index in [9.17, 15) is 0 Å². The fraction of sp³-hybridized carbons (Fsp3) is 0.200. The van der Waals surface area contributed by atoms with Crippen LogP contribution in [0.25, 0.3) is 31.3 Å². The molecular weight excluding hydrogens is 587 g/mol. The molecule has 0 aliphatic heterocycles. The van der Waals surface area contributed by atoms with Crippen LogP contribution in [0.1, 0.15) is 74.9 Å². The van der Waals surface area contributed by atoms with E-state index in [1.807, 2.05) is 11.3 Å². The zero-order chi connectivity index (χ0) is 32.6. The van der Waals surface area contributed by atoms with Crippen molar-refractivity contribution in [2.45, 2.75) is 57.8 Å². The molecule has 0 bridgehead atoms. The van der Waals surface area contributed by atoms with Gasteiger partial charge in [-0.15, -0.1) is 11.3 Å². The molecule has 0 spiro atoms. The lowest BCUT2D eigenvalue weighted by atomic mass is 9.67. The maximum absolute atomic E-state index is 3.80. The number of rotatable bonds is 4. The van der Waals surface area contributed by atoms with Gasteiger partial charge in [0.15, 0.2) is 0 Å². The molecule has 0 unspecified atom stereocenters. The molecule has 0 fully saturated rings. The fourth-order valence-corrected chi connectivity index (χ4v) is 8.70. The van der Waals surface area contributed by atoms with Crippen molar-refractivity contribution in [1.82, 2.24) is 0 Å². The first-order chi connectivity index (χ1) is 22.5. The van der Waals surface area contributed by atoms with E-state index in [2.05, 4.69) is 180 Å². The fourth-order valence-electron chi connectivity index (χ4n) is 7.56. The van der Waals surface area contributed by atoms with Gasteiger partial charge in [-0.05, 0) is 85.7 Å². The van der Waals surface area contributed by atoms with Crippen molar-refractivity contribution in [3.63, 3.8) is 0 Å². The average Bonchev–Trinajstić information content (AvgIpc) is 3.57. The molecule has 232 valence electrons. The number of nitrogens with one attached hydrogen (secondary N) is 1. The van der Waals surface area contributed by atoms with E-state index in [0.29, 0.717) is 0 Å².